The van der Waals surface area contributed by atoms with Gasteiger partial charge in [0.15, 0.2) is 0 Å². The molecule has 1 aromatic carbocycles. The number of aromatic nitrogens is 4. The molecule has 5 rings (SSSR count). The molecule has 19 heteroatoms. The second-order valence-corrected chi connectivity index (χ2v) is 9.58. The van der Waals surface area contributed by atoms with Gasteiger partial charge in [0.25, 0.3) is 0 Å². The minimum atomic E-state index is -5.08. The molecule has 1 amide bonds. The number of fused-ring (bicyclic) bond motifs is 1. The van der Waals surface area contributed by atoms with E-state index < -0.39 is 54.6 Å². The number of rotatable bonds is 5. The molecule has 4 heterocycles. The van der Waals surface area contributed by atoms with Gasteiger partial charge in [-0.3, -0.25) is 4.98 Å². The highest BCUT2D eigenvalue weighted by Crippen LogP contribution is 2.37. The molecule has 0 spiro atoms. The van der Waals surface area contributed by atoms with Gasteiger partial charge in [-0.05, 0) is 36.8 Å². The Balaban J connectivity index is 0.000000591. The van der Waals surface area contributed by atoms with Gasteiger partial charge in [0, 0.05) is 19.3 Å². The Morgan fingerprint density at radius 3 is 2.20 bits per heavy atom. The van der Waals surface area contributed by atoms with Crippen molar-refractivity contribution in [1.82, 2.24) is 24.9 Å². The van der Waals surface area contributed by atoms with E-state index in [-0.39, 0.29) is 35.9 Å². The second kappa shape index (κ2) is 12.8. The fraction of sp³-hybridized carbons (Fsp3) is 0.269. The van der Waals surface area contributed by atoms with Crippen molar-refractivity contribution in [3.05, 3.63) is 66.6 Å². The topological polar surface area (TPSA) is 145 Å². The Kier molecular flexibility index (Phi) is 9.29. The van der Waals surface area contributed by atoms with Gasteiger partial charge in [-0.15, -0.1) is 0 Å². The summed E-state index contributed by atoms with van der Waals surface area (Å²) >= 11 is 0. The maximum Gasteiger partial charge on any atom is 0.490 e. The summed E-state index contributed by atoms with van der Waals surface area (Å²) in [6.07, 6.45) is -7.17. The summed E-state index contributed by atoms with van der Waals surface area (Å²) in [4.78, 5) is 29.8. The van der Waals surface area contributed by atoms with Gasteiger partial charge in [0.2, 0.25) is 5.95 Å². The number of imidazole rings is 1. The number of hydrogen-bond acceptors (Lipinski definition) is 7. The first kappa shape index (κ1) is 32.7. The maximum absolute atomic E-state index is 14.3. The summed E-state index contributed by atoms with van der Waals surface area (Å²) in [7, 11) is 0. The minimum Gasteiger partial charge on any atom is -0.475 e. The summed E-state index contributed by atoms with van der Waals surface area (Å²) in [5.41, 5.74) is 0.784. The molecule has 2 atom stereocenters. The molecule has 0 bridgehead atoms. The first-order valence-corrected chi connectivity index (χ1v) is 12.7. The number of pyridine rings is 1. The van der Waals surface area contributed by atoms with Crippen LogP contribution in [0.3, 0.4) is 0 Å². The fourth-order valence-corrected chi connectivity index (χ4v) is 4.54. The van der Waals surface area contributed by atoms with Gasteiger partial charge >= 0.3 is 24.4 Å². The number of alkyl halides is 6. The van der Waals surface area contributed by atoms with E-state index in [1.807, 2.05) is 0 Å². The Bertz CT molecular complexity index is 1680. The van der Waals surface area contributed by atoms with E-state index in [0.29, 0.717) is 11.2 Å². The average Bonchev–Trinajstić information content (AvgIpc) is 3.34. The number of benzene rings is 1. The maximum atomic E-state index is 14.3. The number of carboxylic acids is 1. The van der Waals surface area contributed by atoms with Crippen molar-refractivity contribution in [2.24, 2.45) is 5.92 Å². The van der Waals surface area contributed by atoms with E-state index in [1.54, 1.807) is 6.07 Å². The van der Waals surface area contributed by atoms with Crippen LogP contribution in [0, 0.1) is 17.6 Å². The van der Waals surface area contributed by atoms with Crippen LogP contribution in [0.2, 0.25) is 0 Å². The average molecular weight is 647 g/mol. The lowest BCUT2D eigenvalue weighted by molar-refractivity contribution is -0.192. The first-order valence-electron chi connectivity index (χ1n) is 12.7. The molecule has 0 radical (unpaired) electrons. The first-order chi connectivity index (χ1) is 21.0. The molecule has 45 heavy (non-hydrogen) atoms. The molecule has 0 aliphatic carbocycles. The Labute approximate surface area is 247 Å². The van der Waals surface area contributed by atoms with Gasteiger partial charge in [-0.1, -0.05) is 6.07 Å². The van der Waals surface area contributed by atoms with Crippen molar-refractivity contribution in [1.29, 1.82) is 0 Å². The third-order valence-electron chi connectivity index (χ3n) is 6.47. The zero-order valence-electron chi connectivity index (χ0n) is 22.4. The van der Waals surface area contributed by atoms with Crippen LogP contribution in [0.4, 0.5) is 57.2 Å². The van der Waals surface area contributed by atoms with Gasteiger partial charge < -0.3 is 25.7 Å². The number of aliphatic carboxylic acids is 1. The third-order valence-corrected chi connectivity index (χ3v) is 6.47. The summed E-state index contributed by atoms with van der Waals surface area (Å²) in [5.74, 6) is -5.99. The van der Waals surface area contributed by atoms with Crippen molar-refractivity contribution < 1.29 is 54.9 Å². The van der Waals surface area contributed by atoms with Gasteiger partial charge in [-0.2, -0.15) is 36.0 Å². The molecule has 4 N–H and O–H groups in total. The van der Waals surface area contributed by atoms with E-state index in [2.05, 4.69) is 25.7 Å². The van der Waals surface area contributed by atoms with Crippen LogP contribution in [0.25, 0.3) is 16.8 Å². The highest BCUT2D eigenvalue weighted by molar-refractivity contribution is 5.74. The Hall–Kier alpha value is -5.23. The molecule has 240 valence electrons. The van der Waals surface area contributed by atoms with Crippen LogP contribution >= 0.6 is 0 Å². The molecule has 0 saturated carbocycles. The van der Waals surface area contributed by atoms with Gasteiger partial charge in [0.1, 0.15) is 11.6 Å². The SMILES string of the molecule is O=C(O)C(F)(F)F.O=C(O)N[C@H]1C[C@@H](C(F)(F)F)CN(c2ccncc2Nc2ncc3ccc(-c4c(F)cccc4F)nn23)C1. The number of nitrogens with one attached hydrogen (secondary N) is 2. The second-order valence-electron chi connectivity index (χ2n) is 9.58. The lowest BCUT2D eigenvalue weighted by atomic mass is 9.93. The minimum absolute atomic E-state index is 0.00510. The van der Waals surface area contributed by atoms with Crippen molar-refractivity contribution in [3.63, 3.8) is 0 Å². The van der Waals surface area contributed by atoms with E-state index in [1.165, 1.54) is 46.2 Å². The van der Waals surface area contributed by atoms with Crippen LogP contribution in [0.1, 0.15) is 6.42 Å². The van der Waals surface area contributed by atoms with E-state index in [4.69, 9.17) is 15.0 Å². The third kappa shape index (κ3) is 7.84. The molecule has 1 saturated heterocycles. The lowest BCUT2D eigenvalue weighted by Crippen LogP contribution is -2.53. The van der Waals surface area contributed by atoms with Gasteiger partial charge in [0.05, 0.1) is 52.5 Å². The largest absolute Gasteiger partial charge is 0.490 e. The highest BCUT2D eigenvalue weighted by atomic mass is 19.4. The van der Waals surface area contributed by atoms with Gasteiger partial charge in [-0.25, -0.2) is 23.4 Å². The van der Waals surface area contributed by atoms with Crippen LogP contribution in [-0.2, 0) is 4.79 Å². The zero-order chi connectivity index (χ0) is 33.1. The molecule has 4 aromatic rings. The van der Waals surface area contributed by atoms with Crippen molar-refractivity contribution in [2.45, 2.75) is 24.8 Å². The van der Waals surface area contributed by atoms with Crippen LogP contribution < -0.4 is 15.5 Å². The standard InChI is InChI=1S/C24H20F5N7O2.C2HF3O2/c25-16-2-1-3-17(26)21(16)18-5-4-15-9-31-22(36(15)34-18)33-19-10-30-7-6-20(19)35-11-13(24(27,28)29)8-14(12-35)32-23(37)38;3-2(4,5)1(6)7/h1-7,9-10,13-14,32H,8,11-12H2,(H,31,33)(H,37,38);(H,6,7)/t13-,14+;/m1./s1. The number of piperidine rings is 1. The lowest BCUT2D eigenvalue weighted by Gasteiger charge is -2.40. The molecule has 1 aliphatic rings. The summed E-state index contributed by atoms with van der Waals surface area (Å²) < 4.78 is 103. The molecule has 1 fully saturated rings. The predicted octanol–water partition coefficient (Wildman–Crippen LogP) is 5.47. The smallest absolute Gasteiger partial charge is 0.475 e. The highest BCUT2D eigenvalue weighted by Gasteiger charge is 2.45. The molecule has 1 aliphatic heterocycles. The monoisotopic (exact) mass is 647 g/mol. The Morgan fingerprint density at radius 1 is 0.933 bits per heavy atom. The summed E-state index contributed by atoms with van der Waals surface area (Å²) in [6, 6.07) is 7.01. The molecular formula is C26H21F8N7O4. The number of halogens is 8. The molecule has 0 unspecified atom stereocenters. The van der Waals surface area contributed by atoms with E-state index in [9.17, 15) is 39.9 Å². The van der Waals surface area contributed by atoms with Crippen LogP contribution in [0.15, 0.2) is 55.0 Å². The number of amides is 1. The molecule has 3 aromatic heterocycles. The quantitative estimate of drug-likeness (QED) is 0.207. The number of anilines is 3. The van der Waals surface area contributed by atoms with Crippen molar-refractivity contribution >= 4 is 34.9 Å². The number of hydrogen-bond donors (Lipinski definition) is 4. The summed E-state index contributed by atoms with van der Waals surface area (Å²) in [6.45, 7) is -0.397. The molecule has 11 nitrogen and oxygen atoms in total. The van der Waals surface area contributed by atoms with Crippen molar-refractivity contribution in [2.75, 3.05) is 23.3 Å². The van der Waals surface area contributed by atoms with E-state index in [0.717, 1.165) is 12.1 Å². The van der Waals surface area contributed by atoms with Crippen molar-refractivity contribution in [3.8, 4) is 11.3 Å². The van der Waals surface area contributed by atoms with Crippen LogP contribution in [-0.4, -0.2) is 73.3 Å². The van der Waals surface area contributed by atoms with Crippen LogP contribution in [0.5, 0.6) is 0 Å². The summed E-state index contributed by atoms with van der Waals surface area (Å²) in [5, 5.41) is 25.7. The van der Waals surface area contributed by atoms with E-state index >= 15 is 0 Å². The number of nitrogens with zero attached hydrogens (tertiary/aromatic N) is 5. The number of carbonyl (C=O) groups is 2. The predicted molar refractivity (Wildman–Crippen MR) is 141 cm³/mol. The zero-order valence-corrected chi connectivity index (χ0v) is 22.4. The fourth-order valence-electron chi connectivity index (χ4n) is 4.54. The normalized spacial score (nSPS) is 16.9. The molecular weight excluding hydrogens is 626 g/mol. The Morgan fingerprint density at radius 2 is 1.60 bits per heavy atom. The number of carboxylic acid groups (broad SMARTS) is 2.